The van der Waals surface area contributed by atoms with E-state index in [0.717, 1.165) is 43.0 Å². The second-order valence-corrected chi connectivity index (χ2v) is 7.94. The lowest BCUT2D eigenvalue weighted by Gasteiger charge is -2.36. The van der Waals surface area contributed by atoms with Gasteiger partial charge < -0.3 is 24.6 Å². The Labute approximate surface area is 183 Å². The van der Waals surface area contributed by atoms with Crippen molar-refractivity contribution in [3.8, 4) is 11.5 Å². The van der Waals surface area contributed by atoms with Crippen molar-refractivity contribution in [1.29, 1.82) is 0 Å². The van der Waals surface area contributed by atoms with E-state index in [9.17, 15) is 9.18 Å². The third-order valence-corrected chi connectivity index (χ3v) is 5.78. The maximum atomic E-state index is 14.0. The first kappa shape index (κ1) is 22.9. The van der Waals surface area contributed by atoms with Crippen LogP contribution in [-0.2, 0) is 11.2 Å². The second-order valence-electron chi connectivity index (χ2n) is 7.94. The number of carbonyl (C=O) groups is 1. The summed E-state index contributed by atoms with van der Waals surface area (Å²) >= 11 is 0. The number of halogens is 1. The standard InChI is InChI=1S/C24H32FN3O3/c1-17(20-16-19(25)9-10-21(20)28-14-12-27(2)13-15-28)26-23(29)11-8-18-6-5-7-22(30-3)24(18)31-4/h5-7,9-10,16-17H,8,11-15H2,1-4H3,(H,26,29). The van der Waals surface area contributed by atoms with E-state index in [2.05, 4.69) is 22.2 Å². The minimum atomic E-state index is -0.301. The molecule has 0 aromatic heterocycles. The van der Waals surface area contributed by atoms with E-state index >= 15 is 0 Å². The van der Waals surface area contributed by atoms with Crippen LogP contribution in [0.1, 0.15) is 30.5 Å². The van der Waals surface area contributed by atoms with Crippen LogP contribution in [0.25, 0.3) is 0 Å². The van der Waals surface area contributed by atoms with Crippen LogP contribution in [0.15, 0.2) is 36.4 Å². The number of benzene rings is 2. The predicted molar refractivity (Wildman–Crippen MR) is 121 cm³/mol. The molecule has 7 heteroatoms. The third kappa shape index (κ3) is 5.67. The smallest absolute Gasteiger partial charge is 0.220 e. The normalized spacial score (nSPS) is 15.5. The summed E-state index contributed by atoms with van der Waals surface area (Å²) in [7, 11) is 5.28. The van der Waals surface area contributed by atoms with Crippen molar-refractivity contribution in [2.45, 2.75) is 25.8 Å². The number of aryl methyl sites for hydroxylation is 1. The summed E-state index contributed by atoms with van der Waals surface area (Å²) in [6.07, 6.45) is 0.820. The molecule has 1 saturated heterocycles. The lowest BCUT2D eigenvalue weighted by Crippen LogP contribution is -2.45. The molecule has 168 valence electrons. The molecule has 6 nitrogen and oxygen atoms in total. The Hall–Kier alpha value is -2.80. The van der Waals surface area contributed by atoms with E-state index in [1.807, 2.05) is 31.2 Å². The molecule has 0 aliphatic carbocycles. The number of likely N-dealkylation sites (N-methyl/N-ethyl adjacent to an activating group) is 1. The molecule has 1 aliphatic heterocycles. The van der Waals surface area contributed by atoms with Crippen LogP contribution in [0.5, 0.6) is 11.5 Å². The summed E-state index contributed by atoms with van der Waals surface area (Å²) in [6.45, 7) is 5.58. The maximum Gasteiger partial charge on any atom is 0.220 e. The fraction of sp³-hybridized carbons (Fsp3) is 0.458. The minimum Gasteiger partial charge on any atom is -0.493 e. The van der Waals surface area contributed by atoms with Gasteiger partial charge in [0.2, 0.25) is 5.91 Å². The number of ether oxygens (including phenoxy) is 2. The Balaban J connectivity index is 1.67. The molecule has 1 amide bonds. The zero-order chi connectivity index (χ0) is 22.4. The predicted octanol–water partition coefficient (Wildman–Crippen LogP) is 3.40. The second kappa shape index (κ2) is 10.5. The number of nitrogens with one attached hydrogen (secondary N) is 1. The van der Waals surface area contributed by atoms with Crippen molar-refractivity contribution >= 4 is 11.6 Å². The lowest BCUT2D eigenvalue weighted by molar-refractivity contribution is -0.121. The zero-order valence-electron chi connectivity index (χ0n) is 18.8. The number of hydrogen-bond acceptors (Lipinski definition) is 5. The molecule has 31 heavy (non-hydrogen) atoms. The molecule has 1 heterocycles. The third-order valence-electron chi connectivity index (χ3n) is 5.78. The van der Waals surface area contributed by atoms with E-state index in [1.165, 1.54) is 12.1 Å². The molecule has 0 saturated carbocycles. The van der Waals surface area contributed by atoms with Gasteiger partial charge in [0.25, 0.3) is 0 Å². The van der Waals surface area contributed by atoms with Gasteiger partial charge in [-0.3, -0.25) is 4.79 Å². The highest BCUT2D eigenvalue weighted by Crippen LogP contribution is 2.32. The molecule has 0 radical (unpaired) electrons. The summed E-state index contributed by atoms with van der Waals surface area (Å²) in [5.74, 6) is 0.903. The Morgan fingerprint density at radius 2 is 1.87 bits per heavy atom. The average Bonchev–Trinajstić information content (AvgIpc) is 2.77. The largest absolute Gasteiger partial charge is 0.493 e. The summed E-state index contributed by atoms with van der Waals surface area (Å²) in [5, 5.41) is 3.03. The zero-order valence-corrected chi connectivity index (χ0v) is 18.8. The fourth-order valence-corrected chi connectivity index (χ4v) is 4.00. The van der Waals surface area contributed by atoms with Crippen molar-refractivity contribution in [3.63, 3.8) is 0 Å². The van der Waals surface area contributed by atoms with E-state index < -0.39 is 0 Å². The van der Waals surface area contributed by atoms with Crippen LogP contribution in [0.2, 0.25) is 0 Å². The number of nitrogens with zero attached hydrogens (tertiary/aromatic N) is 2. The molecule has 0 spiro atoms. The SMILES string of the molecule is COc1cccc(CCC(=O)NC(C)c2cc(F)ccc2N2CCN(C)CC2)c1OC. The number of amides is 1. The van der Waals surface area contributed by atoms with Crippen LogP contribution >= 0.6 is 0 Å². The monoisotopic (exact) mass is 429 g/mol. The number of piperazine rings is 1. The van der Waals surface area contributed by atoms with E-state index in [0.29, 0.717) is 24.3 Å². The topological polar surface area (TPSA) is 54.0 Å². The first-order chi connectivity index (χ1) is 14.9. The molecule has 1 aliphatic rings. The number of rotatable bonds is 8. The molecule has 1 atom stereocenters. The first-order valence-electron chi connectivity index (χ1n) is 10.6. The van der Waals surface area contributed by atoms with Crippen LogP contribution in [0, 0.1) is 5.82 Å². The molecular formula is C24H32FN3O3. The van der Waals surface area contributed by atoms with Gasteiger partial charge in [0.1, 0.15) is 5.82 Å². The quantitative estimate of drug-likeness (QED) is 0.697. The Kier molecular flexibility index (Phi) is 7.74. The van der Waals surface area contributed by atoms with Crippen LogP contribution in [0.4, 0.5) is 10.1 Å². The first-order valence-corrected chi connectivity index (χ1v) is 10.6. The van der Waals surface area contributed by atoms with Gasteiger partial charge in [-0.1, -0.05) is 12.1 Å². The van der Waals surface area contributed by atoms with Gasteiger partial charge in [-0.25, -0.2) is 4.39 Å². The Bertz CT molecular complexity index is 898. The molecule has 1 N–H and O–H groups in total. The van der Waals surface area contributed by atoms with Gasteiger partial charge in [-0.05, 0) is 50.2 Å². The minimum absolute atomic E-state index is 0.0917. The van der Waals surface area contributed by atoms with Gasteiger partial charge in [0.15, 0.2) is 11.5 Å². The number of para-hydroxylation sites is 1. The Morgan fingerprint density at radius 3 is 2.55 bits per heavy atom. The molecule has 3 rings (SSSR count). The van der Waals surface area contributed by atoms with Crippen LogP contribution in [0.3, 0.4) is 0 Å². The van der Waals surface area contributed by atoms with Gasteiger partial charge >= 0.3 is 0 Å². The van der Waals surface area contributed by atoms with E-state index in [1.54, 1.807) is 14.2 Å². The molecule has 1 unspecified atom stereocenters. The highest BCUT2D eigenvalue weighted by atomic mass is 19.1. The molecule has 0 bridgehead atoms. The van der Waals surface area contributed by atoms with Crippen molar-refractivity contribution < 1.29 is 18.7 Å². The summed E-state index contributed by atoms with van der Waals surface area (Å²) in [4.78, 5) is 17.2. The highest BCUT2D eigenvalue weighted by molar-refractivity contribution is 5.77. The van der Waals surface area contributed by atoms with Gasteiger partial charge in [-0.15, -0.1) is 0 Å². The molecule has 1 fully saturated rings. The van der Waals surface area contributed by atoms with Crippen molar-refractivity contribution in [1.82, 2.24) is 10.2 Å². The lowest BCUT2D eigenvalue weighted by atomic mass is 10.0. The van der Waals surface area contributed by atoms with Crippen LogP contribution in [-0.4, -0.2) is 58.3 Å². The van der Waals surface area contributed by atoms with Crippen molar-refractivity contribution in [2.24, 2.45) is 0 Å². The van der Waals surface area contributed by atoms with E-state index in [-0.39, 0.29) is 17.8 Å². The maximum absolute atomic E-state index is 14.0. The highest BCUT2D eigenvalue weighted by Gasteiger charge is 2.21. The number of anilines is 1. The van der Waals surface area contributed by atoms with Crippen LogP contribution < -0.4 is 19.7 Å². The number of methoxy groups -OCH3 is 2. The summed E-state index contributed by atoms with van der Waals surface area (Å²) < 4.78 is 24.8. The van der Waals surface area contributed by atoms with Crippen molar-refractivity contribution in [3.05, 3.63) is 53.3 Å². The van der Waals surface area contributed by atoms with E-state index in [4.69, 9.17) is 9.47 Å². The molecule has 2 aromatic rings. The summed E-state index contributed by atoms with van der Waals surface area (Å²) in [6, 6.07) is 10.2. The fourth-order valence-electron chi connectivity index (χ4n) is 4.00. The summed E-state index contributed by atoms with van der Waals surface area (Å²) in [5.41, 5.74) is 2.70. The average molecular weight is 430 g/mol. The van der Waals surface area contributed by atoms with Crippen molar-refractivity contribution in [2.75, 3.05) is 52.3 Å². The number of carbonyl (C=O) groups excluding carboxylic acids is 1. The molecular weight excluding hydrogens is 397 g/mol. The molecule has 2 aromatic carbocycles. The Morgan fingerprint density at radius 1 is 1.13 bits per heavy atom. The number of hydrogen-bond donors (Lipinski definition) is 1. The van der Waals surface area contributed by atoms with Gasteiger partial charge in [-0.2, -0.15) is 0 Å². The van der Waals surface area contributed by atoms with Gasteiger partial charge in [0.05, 0.1) is 20.3 Å². The van der Waals surface area contributed by atoms with Gasteiger partial charge in [0, 0.05) is 43.9 Å².